The molecule has 29 heavy (non-hydrogen) atoms. The number of hydrogen-bond donors (Lipinski definition) is 2. The van der Waals surface area contributed by atoms with Crippen molar-refractivity contribution >= 4 is 17.8 Å². The molecular weight excluding hydrogens is 372 g/mol. The van der Waals surface area contributed by atoms with Gasteiger partial charge in [-0.25, -0.2) is 9.97 Å². The molecule has 2 aromatic heterocycles. The zero-order valence-corrected chi connectivity index (χ0v) is 16.6. The van der Waals surface area contributed by atoms with Crippen LogP contribution in [0.1, 0.15) is 40.3 Å². The maximum Gasteiger partial charge on any atom is 0.273 e. The minimum atomic E-state index is -0.0787. The molecule has 2 N–H and O–H groups in total. The van der Waals surface area contributed by atoms with E-state index in [9.17, 15) is 9.59 Å². The number of hydrogen-bond acceptors (Lipinski definition) is 7. The van der Waals surface area contributed by atoms with Crippen molar-refractivity contribution in [1.82, 2.24) is 25.1 Å². The summed E-state index contributed by atoms with van der Waals surface area (Å²) >= 11 is 0. The van der Waals surface area contributed by atoms with Crippen molar-refractivity contribution in [3.05, 3.63) is 41.1 Å². The van der Waals surface area contributed by atoms with Crippen LogP contribution in [0.25, 0.3) is 0 Å². The van der Waals surface area contributed by atoms with Crippen LogP contribution in [0.15, 0.2) is 22.8 Å². The number of anilines is 1. The van der Waals surface area contributed by atoms with Crippen LogP contribution in [0.4, 0.5) is 5.95 Å². The van der Waals surface area contributed by atoms with E-state index >= 15 is 0 Å². The summed E-state index contributed by atoms with van der Waals surface area (Å²) in [5.41, 5.74) is 2.19. The summed E-state index contributed by atoms with van der Waals surface area (Å²) in [4.78, 5) is 38.3. The second-order valence-corrected chi connectivity index (χ2v) is 7.39. The molecule has 2 amide bonds. The fourth-order valence-corrected chi connectivity index (χ4v) is 3.82. The third-order valence-electron chi connectivity index (χ3n) is 5.37. The molecule has 0 unspecified atom stereocenters. The van der Waals surface area contributed by atoms with Gasteiger partial charge in [0.2, 0.25) is 11.9 Å². The van der Waals surface area contributed by atoms with Gasteiger partial charge in [0.1, 0.15) is 11.5 Å². The number of nitrogens with one attached hydrogen (secondary N) is 2. The molecule has 1 saturated heterocycles. The van der Waals surface area contributed by atoms with Crippen LogP contribution < -0.4 is 10.6 Å². The molecule has 4 rings (SSSR count). The van der Waals surface area contributed by atoms with Gasteiger partial charge in [0, 0.05) is 45.2 Å². The first-order valence-corrected chi connectivity index (χ1v) is 10.0. The summed E-state index contributed by atoms with van der Waals surface area (Å²) in [7, 11) is 1.75. The van der Waals surface area contributed by atoms with Gasteiger partial charge in [-0.05, 0) is 25.0 Å². The van der Waals surface area contributed by atoms with E-state index in [1.807, 2.05) is 15.9 Å². The van der Waals surface area contributed by atoms with E-state index < -0.39 is 0 Å². The van der Waals surface area contributed by atoms with Gasteiger partial charge in [0.15, 0.2) is 0 Å². The third-order valence-corrected chi connectivity index (χ3v) is 5.37. The molecule has 0 spiro atoms. The highest BCUT2D eigenvalue weighted by molar-refractivity contribution is 5.94. The van der Waals surface area contributed by atoms with Crippen molar-refractivity contribution in [2.24, 2.45) is 0 Å². The lowest BCUT2D eigenvalue weighted by Gasteiger charge is -2.29. The first-order valence-electron chi connectivity index (χ1n) is 10.0. The average molecular weight is 398 g/mol. The Balaban J connectivity index is 1.47. The number of aromatic nitrogens is 2. The minimum Gasteiger partial charge on any atom is -0.467 e. The van der Waals surface area contributed by atoms with Crippen LogP contribution in [0.5, 0.6) is 0 Å². The lowest BCUT2D eigenvalue weighted by Crippen LogP contribution is -2.41. The van der Waals surface area contributed by atoms with Crippen molar-refractivity contribution in [3.63, 3.8) is 0 Å². The van der Waals surface area contributed by atoms with Crippen LogP contribution in [0.3, 0.4) is 0 Å². The topological polar surface area (TPSA) is 104 Å². The van der Waals surface area contributed by atoms with Crippen LogP contribution >= 0.6 is 0 Å². The Morgan fingerprint density at radius 3 is 2.76 bits per heavy atom. The number of fused-ring (bicyclic) bond motifs is 1. The number of carbonyl (C=O) groups excluding carboxylic acids is 2. The molecule has 0 radical (unpaired) electrons. The largest absolute Gasteiger partial charge is 0.467 e. The van der Waals surface area contributed by atoms with E-state index in [1.54, 1.807) is 19.4 Å². The summed E-state index contributed by atoms with van der Waals surface area (Å²) in [5.74, 6) is 1.07. The Bertz CT molecular complexity index is 877. The molecule has 0 atom stereocenters. The van der Waals surface area contributed by atoms with E-state index in [0.717, 1.165) is 37.2 Å². The minimum absolute atomic E-state index is 0.0400. The highest BCUT2D eigenvalue weighted by Crippen LogP contribution is 2.24. The highest BCUT2D eigenvalue weighted by Gasteiger charge is 2.29. The number of carbonyl (C=O) groups is 2. The normalized spacial score (nSPS) is 16.5. The molecular formula is C20H26N6O3. The Labute approximate surface area is 169 Å². The van der Waals surface area contributed by atoms with Crippen molar-refractivity contribution in [3.8, 4) is 0 Å². The summed E-state index contributed by atoms with van der Waals surface area (Å²) in [6, 6.07) is 3.62. The Morgan fingerprint density at radius 1 is 1.21 bits per heavy atom. The lowest BCUT2D eigenvalue weighted by atomic mass is 10.0. The zero-order chi connectivity index (χ0) is 20.2. The number of amides is 2. The number of nitrogens with zero attached hydrogens (tertiary/aromatic N) is 4. The molecule has 1 fully saturated rings. The number of rotatable bonds is 6. The SMILES string of the molecule is CNc1nc2c(c(C(=O)N3CCCC3)n1)CN(CC(=O)NCc1ccco1)CC2. The van der Waals surface area contributed by atoms with Gasteiger partial charge >= 0.3 is 0 Å². The molecule has 0 aliphatic carbocycles. The van der Waals surface area contributed by atoms with Crippen LogP contribution in [-0.2, 0) is 24.3 Å². The summed E-state index contributed by atoms with van der Waals surface area (Å²) in [6.07, 6.45) is 4.32. The second-order valence-electron chi connectivity index (χ2n) is 7.39. The van der Waals surface area contributed by atoms with Gasteiger partial charge in [-0.3, -0.25) is 14.5 Å². The van der Waals surface area contributed by atoms with Gasteiger partial charge in [-0.2, -0.15) is 0 Å². The van der Waals surface area contributed by atoms with Crippen molar-refractivity contribution < 1.29 is 14.0 Å². The number of likely N-dealkylation sites (tertiary alicyclic amines) is 1. The van der Waals surface area contributed by atoms with E-state index in [2.05, 4.69) is 20.6 Å². The monoisotopic (exact) mass is 398 g/mol. The summed E-state index contributed by atoms with van der Waals surface area (Å²) < 4.78 is 5.24. The molecule has 154 valence electrons. The van der Waals surface area contributed by atoms with E-state index in [1.165, 1.54) is 0 Å². The maximum atomic E-state index is 13.0. The Morgan fingerprint density at radius 2 is 2.03 bits per heavy atom. The summed E-state index contributed by atoms with van der Waals surface area (Å²) in [6.45, 7) is 3.35. The molecule has 0 saturated carbocycles. The predicted molar refractivity (Wildman–Crippen MR) is 106 cm³/mol. The molecule has 0 aromatic carbocycles. The maximum absolute atomic E-state index is 13.0. The molecule has 2 aliphatic heterocycles. The van der Waals surface area contributed by atoms with E-state index in [-0.39, 0.29) is 18.4 Å². The quantitative estimate of drug-likeness (QED) is 0.749. The van der Waals surface area contributed by atoms with Crippen molar-refractivity contribution in [2.75, 3.05) is 38.5 Å². The molecule has 0 bridgehead atoms. The predicted octanol–water partition coefficient (Wildman–Crippen LogP) is 1.02. The average Bonchev–Trinajstić information content (AvgIpc) is 3.45. The van der Waals surface area contributed by atoms with Gasteiger partial charge in [-0.1, -0.05) is 0 Å². The fraction of sp³-hybridized carbons (Fsp3) is 0.500. The lowest BCUT2D eigenvalue weighted by molar-refractivity contribution is -0.122. The molecule has 4 heterocycles. The van der Waals surface area contributed by atoms with Crippen molar-refractivity contribution in [2.45, 2.75) is 32.4 Å². The molecule has 9 heteroatoms. The third kappa shape index (κ3) is 4.40. The first kappa shape index (κ1) is 19.4. The van der Waals surface area contributed by atoms with Crippen LogP contribution in [0, 0.1) is 0 Å². The zero-order valence-electron chi connectivity index (χ0n) is 16.6. The van der Waals surface area contributed by atoms with Gasteiger partial charge in [0.25, 0.3) is 5.91 Å². The van der Waals surface area contributed by atoms with E-state index in [4.69, 9.17) is 4.42 Å². The number of furan rings is 1. The standard InChI is InChI=1S/C20H26N6O3/c1-21-20-23-16-6-9-25(13-17(27)22-11-14-5-4-10-29-14)12-15(16)18(24-20)19(28)26-7-2-3-8-26/h4-5,10H,2-3,6-9,11-13H2,1H3,(H,22,27)(H,21,23,24). The second kappa shape index (κ2) is 8.60. The molecule has 2 aliphatic rings. The van der Waals surface area contributed by atoms with Crippen molar-refractivity contribution in [1.29, 1.82) is 0 Å². The van der Waals surface area contributed by atoms with E-state index in [0.29, 0.717) is 43.5 Å². The fourth-order valence-electron chi connectivity index (χ4n) is 3.82. The smallest absolute Gasteiger partial charge is 0.273 e. The van der Waals surface area contributed by atoms with Crippen LogP contribution in [-0.4, -0.2) is 64.8 Å². The molecule has 2 aromatic rings. The highest BCUT2D eigenvalue weighted by atomic mass is 16.3. The molecule has 9 nitrogen and oxygen atoms in total. The Kier molecular flexibility index (Phi) is 5.75. The van der Waals surface area contributed by atoms with Crippen LogP contribution in [0.2, 0.25) is 0 Å². The van der Waals surface area contributed by atoms with Gasteiger partial charge in [-0.15, -0.1) is 0 Å². The summed E-state index contributed by atoms with van der Waals surface area (Å²) in [5, 5.41) is 5.82. The van der Waals surface area contributed by atoms with Gasteiger partial charge in [0.05, 0.1) is 25.0 Å². The first-order chi connectivity index (χ1) is 14.1. The van der Waals surface area contributed by atoms with Gasteiger partial charge < -0.3 is 20.0 Å². The Hall–Kier alpha value is -2.94.